The van der Waals surface area contributed by atoms with Gasteiger partial charge in [-0.1, -0.05) is 52.4 Å². The van der Waals surface area contributed by atoms with Gasteiger partial charge in [-0.05, 0) is 51.9 Å². The summed E-state index contributed by atoms with van der Waals surface area (Å²) in [5.74, 6) is 0.944. The number of ether oxygens (including phenoxy) is 2. The van der Waals surface area contributed by atoms with Crippen molar-refractivity contribution in [3.63, 3.8) is 0 Å². The van der Waals surface area contributed by atoms with Crippen LogP contribution in [0, 0.1) is 11.8 Å². The molecule has 0 aromatic heterocycles. The van der Waals surface area contributed by atoms with Gasteiger partial charge in [-0.2, -0.15) is 0 Å². The van der Waals surface area contributed by atoms with Crippen molar-refractivity contribution in [1.29, 1.82) is 0 Å². The van der Waals surface area contributed by atoms with Crippen molar-refractivity contribution >= 4 is 5.97 Å². The van der Waals surface area contributed by atoms with E-state index in [2.05, 4.69) is 13.8 Å². The fourth-order valence-corrected chi connectivity index (χ4v) is 3.50. The van der Waals surface area contributed by atoms with E-state index in [0.29, 0.717) is 0 Å². The normalized spacial score (nSPS) is 23.7. The van der Waals surface area contributed by atoms with Gasteiger partial charge in [0.25, 0.3) is 0 Å². The van der Waals surface area contributed by atoms with Crippen LogP contribution in [0.25, 0.3) is 0 Å². The molecule has 3 heteroatoms. The molecule has 24 heavy (non-hydrogen) atoms. The lowest BCUT2D eigenvalue weighted by Crippen LogP contribution is -2.33. The highest BCUT2D eigenvalue weighted by Crippen LogP contribution is 2.33. The van der Waals surface area contributed by atoms with E-state index < -0.39 is 0 Å². The van der Waals surface area contributed by atoms with Crippen LogP contribution < -0.4 is 0 Å². The molecular weight excluding hydrogens is 300 g/mol. The molecular formula is C21H40O3. The summed E-state index contributed by atoms with van der Waals surface area (Å²) in [6.07, 6.45) is 13.0. The van der Waals surface area contributed by atoms with Gasteiger partial charge in [-0.25, -0.2) is 0 Å². The van der Waals surface area contributed by atoms with Crippen LogP contribution in [0.2, 0.25) is 0 Å². The maximum absolute atomic E-state index is 12.4. The SMILES string of the molecule is CCCCCOC(C)C(C)OC(=O)C1CCC(CCCCC)CC1. The summed E-state index contributed by atoms with van der Waals surface area (Å²) in [6.45, 7) is 9.17. The van der Waals surface area contributed by atoms with Crippen LogP contribution in [0.1, 0.15) is 98.3 Å². The molecule has 0 spiro atoms. The lowest BCUT2D eigenvalue weighted by Gasteiger charge is -2.29. The summed E-state index contributed by atoms with van der Waals surface area (Å²) in [7, 11) is 0. The second-order valence-corrected chi connectivity index (χ2v) is 7.64. The third-order valence-corrected chi connectivity index (χ3v) is 5.49. The second-order valence-electron chi connectivity index (χ2n) is 7.64. The second kappa shape index (κ2) is 12.7. The molecule has 1 saturated carbocycles. The van der Waals surface area contributed by atoms with Crippen LogP contribution >= 0.6 is 0 Å². The number of esters is 1. The lowest BCUT2D eigenvalue weighted by atomic mass is 9.80. The maximum Gasteiger partial charge on any atom is 0.309 e. The van der Waals surface area contributed by atoms with Crippen molar-refractivity contribution in [1.82, 2.24) is 0 Å². The Bertz CT molecular complexity index is 321. The number of hydrogen-bond acceptors (Lipinski definition) is 3. The first-order valence-electron chi connectivity index (χ1n) is 10.4. The highest BCUT2D eigenvalue weighted by atomic mass is 16.6. The van der Waals surface area contributed by atoms with Gasteiger partial charge in [-0.3, -0.25) is 4.79 Å². The Balaban J connectivity index is 2.20. The topological polar surface area (TPSA) is 35.5 Å². The number of carbonyl (C=O) groups is 1. The Kier molecular flexibility index (Phi) is 11.4. The third kappa shape index (κ3) is 8.50. The molecule has 3 nitrogen and oxygen atoms in total. The molecule has 0 heterocycles. The largest absolute Gasteiger partial charge is 0.460 e. The average molecular weight is 341 g/mol. The van der Waals surface area contributed by atoms with E-state index in [-0.39, 0.29) is 24.1 Å². The molecule has 0 radical (unpaired) electrons. The first-order valence-corrected chi connectivity index (χ1v) is 10.4. The van der Waals surface area contributed by atoms with Gasteiger partial charge < -0.3 is 9.47 Å². The third-order valence-electron chi connectivity index (χ3n) is 5.49. The van der Waals surface area contributed by atoms with Crippen LogP contribution in [0.5, 0.6) is 0 Å². The van der Waals surface area contributed by atoms with E-state index in [9.17, 15) is 4.79 Å². The Morgan fingerprint density at radius 3 is 2.17 bits per heavy atom. The molecule has 1 rings (SSSR count). The Labute approximate surface area is 149 Å². The van der Waals surface area contributed by atoms with Crippen molar-refractivity contribution < 1.29 is 14.3 Å². The predicted molar refractivity (Wildman–Crippen MR) is 100 cm³/mol. The molecule has 0 bridgehead atoms. The van der Waals surface area contributed by atoms with Crippen LogP contribution in [0.3, 0.4) is 0 Å². The Hall–Kier alpha value is -0.570. The zero-order valence-electron chi connectivity index (χ0n) is 16.5. The Morgan fingerprint density at radius 2 is 1.54 bits per heavy atom. The number of unbranched alkanes of at least 4 members (excludes halogenated alkanes) is 4. The molecule has 2 atom stereocenters. The molecule has 0 aromatic carbocycles. The van der Waals surface area contributed by atoms with Crippen molar-refractivity contribution in [3.8, 4) is 0 Å². The van der Waals surface area contributed by atoms with Gasteiger partial charge in [0.15, 0.2) is 0 Å². The fourth-order valence-electron chi connectivity index (χ4n) is 3.50. The zero-order valence-corrected chi connectivity index (χ0v) is 16.5. The fraction of sp³-hybridized carbons (Fsp3) is 0.952. The van der Waals surface area contributed by atoms with Crippen LogP contribution in [-0.4, -0.2) is 24.8 Å². The molecule has 1 aliphatic rings. The van der Waals surface area contributed by atoms with Gasteiger partial charge in [0.05, 0.1) is 12.0 Å². The van der Waals surface area contributed by atoms with Gasteiger partial charge >= 0.3 is 5.97 Å². The van der Waals surface area contributed by atoms with Crippen molar-refractivity contribution in [2.75, 3.05) is 6.61 Å². The van der Waals surface area contributed by atoms with E-state index in [1.54, 1.807) is 0 Å². The summed E-state index contributed by atoms with van der Waals surface area (Å²) in [5.41, 5.74) is 0. The van der Waals surface area contributed by atoms with Crippen LogP contribution in [-0.2, 0) is 14.3 Å². The standard InChI is InChI=1S/C21H40O3/c1-5-7-9-11-19-12-14-20(15-13-19)21(22)24-18(4)17(3)23-16-10-8-6-2/h17-20H,5-16H2,1-4H3. The highest BCUT2D eigenvalue weighted by molar-refractivity contribution is 5.72. The highest BCUT2D eigenvalue weighted by Gasteiger charge is 2.29. The summed E-state index contributed by atoms with van der Waals surface area (Å²) in [6, 6.07) is 0. The van der Waals surface area contributed by atoms with E-state index in [1.165, 1.54) is 51.4 Å². The molecule has 1 aliphatic carbocycles. The number of carbonyl (C=O) groups excluding carboxylic acids is 1. The number of rotatable bonds is 12. The summed E-state index contributed by atoms with van der Waals surface area (Å²) >= 11 is 0. The van der Waals surface area contributed by atoms with Gasteiger partial charge in [-0.15, -0.1) is 0 Å². The molecule has 142 valence electrons. The smallest absolute Gasteiger partial charge is 0.309 e. The predicted octanol–water partition coefficient (Wildman–Crippen LogP) is 5.90. The summed E-state index contributed by atoms with van der Waals surface area (Å²) in [4.78, 5) is 12.4. The minimum atomic E-state index is -0.151. The molecule has 0 saturated heterocycles. The first kappa shape index (κ1) is 21.5. The van der Waals surface area contributed by atoms with Gasteiger partial charge in [0.1, 0.15) is 6.10 Å². The maximum atomic E-state index is 12.4. The van der Waals surface area contributed by atoms with E-state index in [1.807, 2.05) is 13.8 Å². The summed E-state index contributed by atoms with van der Waals surface area (Å²) in [5, 5.41) is 0. The number of hydrogen-bond donors (Lipinski definition) is 0. The molecule has 0 amide bonds. The molecule has 0 N–H and O–H groups in total. The molecule has 2 unspecified atom stereocenters. The Morgan fingerprint density at radius 1 is 0.917 bits per heavy atom. The average Bonchev–Trinajstić information content (AvgIpc) is 2.59. The van der Waals surface area contributed by atoms with Crippen LogP contribution in [0.15, 0.2) is 0 Å². The van der Waals surface area contributed by atoms with Crippen LogP contribution in [0.4, 0.5) is 0 Å². The molecule has 1 fully saturated rings. The van der Waals surface area contributed by atoms with Crippen molar-refractivity contribution in [2.45, 2.75) is 111 Å². The van der Waals surface area contributed by atoms with Crippen molar-refractivity contribution in [2.24, 2.45) is 11.8 Å². The van der Waals surface area contributed by atoms with E-state index in [0.717, 1.165) is 31.8 Å². The van der Waals surface area contributed by atoms with E-state index >= 15 is 0 Å². The molecule has 0 aliphatic heterocycles. The van der Waals surface area contributed by atoms with Crippen molar-refractivity contribution in [3.05, 3.63) is 0 Å². The van der Waals surface area contributed by atoms with Gasteiger partial charge in [0, 0.05) is 6.61 Å². The minimum Gasteiger partial charge on any atom is -0.460 e. The van der Waals surface area contributed by atoms with E-state index in [4.69, 9.17) is 9.47 Å². The lowest BCUT2D eigenvalue weighted by molar-refractivity contribution is -0.161. The first-order chi connectivity index (χ1) is 11.6. The molecule has 0 aromatic rings. The quantitative estimate of drug-likeness (QED) is 0.328. The zero-order chi connectivity index (χ0) is 17.8. The summed E-state index contributed by atoms with van der Waals surface area (Å²) < 4.78 is 11.5. The minimum absolute atomic E-state index is 0.00137. The van der Waals surface area contributed by atoms with Gasteiger partial charge in [0.2, 0.25) is 0 Å². The monoisotopic (exact) mass is 340 g/mol.